The van der Waals surface area contributed by atoms with Gasteiger partial charge in [-0.25, -0.2) is 8.42 Å². The van der Waals surface area contributed by atoms with Crippen LogP contribution in [0, 0.1) is 6.92 Å². The molecule has 0 fully saturated rings. The second-order valence-electron chi connectivity index (χ2n) is 6.08. The molecule has 134 valence electrons. The first-order chi connectivity index (χ1) is 11.5. The molecular weight excluding hydrogens is 322 g/mol. The highest BCUT2D eigenvalue weighted by atomic mass is 32.2. The molecular formula is C19H29NO3S. The molecule has 0 N–H and O–H groups in total. The molecule has 5 heteroatoms. The summed E-state index contributed by atoms with van der Waals surface area (Å²) in [6.45, 7) is 7.67. The number of hydrogen-bond donors (Lipinski definition) is 0. The molecule has 1 unspecified atom stereocenters. The normalized spacial score (nSPS) is 13.0. The van der Waals surface area contributed by atoms with Gasteiger partial charge in [0.2, 0.25) is 10.0 Å². The van der Waals surface area contributed by atoms with Crippen LogP contribution >= 0.6 is 0 Å². The Balaban J connectivity index is 3.03. The molecule has 1 rings (SSSR count). The zero-order chi connectivity index (χ0) is 18.0. The topological polar surface area (TPSA) is 54.5 Å². The maximum Gasteiger partial charge on any atom is 0.243 e. The molecule has 0 aliphatic rings. The highest BCUT2D eigenvalue weighted by Gasteiger charge is 2.30. The highest BCUT2D eigenvalue weighted by molar-refractivity contribution is 7.89. The number of benzene rings is 1. The lowest BCUT2D eigenvalue weighted by atomic mass is 10.0. The van der Waals surface area contributed by atoms with Gasteiger partial charge in [-0.2, -0.15) is 4.31 Å². The van der Waals surface area contributed by atoms with Gasteiger partial charge in [0.1, 0.15) is 6.29 Å². The van der Waals surface area contributed by atoms with Crippen LogP contribution in [0.4, 0.5) is 0 Å². The van der Waals surface area contributed by atoms with Gasteiger partial charge in [0.15, 0.2) is 0 Å². The summed E-state index contributed by atoms with van der Waals surface area (Å²) in [7, 11) is -3.69. The highest BCUT2D eigenvalue weighted by Crippen LogP contribution is 2.23. The van der Waals surface area contributed by atoms with Crippen molar-refractivity contribution >= 4 is 16.3 Å². The van der Waals surface area contributed by atoms with Crippen molar-refractivity contribution in [1.82, 2.24) is 4.31 Å². The summed E-state index contributed by atoms with van der Waals surface area (Å²) in [5, 5.41) is 0. The van der Waals surface area contributed by atoms with Crippen molar-refractivity contribution in [3.8, 4) is 0 Å². The maximum atomic E-state index is 13.0. The molecule has 0 radical (unpaired) electrons. The molecule has 0 aromatic heterocycles. The molecule has 4 nitrogen and oxygen atoms in total. The standard InChI is InChI=1S/C19H29NO3S/c1-4-6-7-8-10-18(9-5-2)20(15-16-21)24(22,23)19-13-11-17(3)12-14-19/h5,11-14,16,18H,2,4,6-10,15H2,1,3H3. The van der Waals surface area contributed by atoms with Gasteiger partial charge < -0.3 is 4.79 Å². The minimum Gasteiger partial charge on any atom is -0.302 e. The van der Waals surface area contributed by atoms with Gasteiger partial charge in [-0.3, -0.25) is 0 Å². The molecule has 1 aromatic carbocycles. The van der Waals surface area contributed by atoms with Crippen LogP contribution in [0.25, 0.3) is 0 Å². The van der Waals surface area contributed by atoms with E-state index in [-0.39, 0.29) is 17.5 Å². The minimum atomic E-state index is -3.69. The Kier molecular flexibility index (Phi) is 8.93. The van der Waals surface area contributed by atoms with Crippen LogP contribution in [-0.4, -0.2) is 31.6 Å². The zero-order valence-electron chi connectivity index (χ0n) is 14.8. The number of unbranched alkanes of at least 4 members (excludes halogenated alkanes) is 3. The van der Waals surface area contributed by atoms with E-state index in [1.165, 1.54) is 4.31 Å². The van der Waals surface area contributed by atoms with E-state index in [2.05, 4.69) is 13.5 Å². The third-order valence-electron chi connectivity index (χ3n) is 4.12. The van der Waals surface area contributed by atoms with Gasteiger partial charge in [0.25, 0.3) is 0 Å². The first-order valence-electron chi connectivity index (χ1n) is 8.60. The fraction of sp³-hybridized carbons (Fsp3) is 0.526. The fourth-order valence-electron chi connectivity index (χ4n) is 2.74. The molecule has 0 spiro atoms. The number of rotatable bonds is 12. The minimum absolute atomic E-state index is 0.123. The lowest BCUT2D eigenvalue weighted by molar-refractivity contribution is -0.108. The zero-order valence-corrected chi connectivity index (χ0v) is 15.6. The Hall–Kier alpha value is -1.46. The predicted molar refractivity (Wildman–Crippen MR) is 98.5 cm³/mol. The third-order valence-corrected chi connectivity index (χ3v) is 6.05. The van der Waals surface area contributed by atoms with Crippen LogP contribution in [0.3, 0.4) is 0 Å². The third kappa shape index (κ3) is 5.87. The predicted octanol–water partition coefficient (Wildman–Crippen LogP) is 4.10. The largest absolute Gasteiger partial charge is 0.302 e. The van der Waals surface area contributed by atoms with Gasteiger partial charge >= 0.3 is 0 Å². The summed E-state index contributed by atoms with van der Waals surface area (Å²) in [4.78, 5) is 11.3. The molecule has 0 aliphatic heterocycles. The summed E-state index contributed by atoms with van der Waals surface area (Å²) in [6, 6.07) is 6.52. The van der Waals surface area contributed by atoms with Gasteiger partial charge in [-0.05, 0) is 31.9 Å². The number of hydrogen-bond acceptors (Lipinski definition) is 3. The summed E-state index contributed by atoms with van der Waals surface area (Å²) >= 11 is 0. The van der Waals surface area contributed by atoms with Crippen LogP contribution in [0.1, 0.15) is 51.0 Å². The van der Waals surface area contributed by atoms with E-state index in [1.807, 2.05) is 6.92 Å². The summed E-state index contributed by atoms with van der Waals surface area (Å²) < 4.78 is 27.3. The van der Waals surface area contributed by atoms with Crippen LogP contribution < -0.4 is 0 Å². The van der Waals surface area contributed by atoms with Crippen LogP contribution in [0.2, 0.25) is 0 Å². The molecule has 1 atom stereocenters. The van der Waals surface area contributed by atoms with Crippen molar-refractivity contribution in [2.75, 3.05) is 6.54 Å². The number of nitrogens with zero attached hydrogens (tertiary/aromatic N) is 1. The summed E-state index contributed by atoms with van der Waals surface area (Å²) in [5.41, 5.74) is 0.998. The Labute approximate surface area is 146 Å². The van der Waals surface area contributed by atoms with Crippen molar-refractivity contribution in [3.05, 3.63) is 42.5 Å². The SMILES string of the molecule is C=CCC(CCCCCC)N(CC=O)S(=O)(=O)c1ccc(C)cc1. The van der Waals surface area contributed by atoms with E-state index in [0.29, 0.717) is 12.7 Å². The van der Waals surface area contributed by atoms with Crippen molar-refractivity contribution in [3.63, 3.8) is 0 Å². The van der Waals surface area contributed by atoms with Gasteiger partial charge in [-0.1, -0.05) is 56.4 Å². The van der Waals surface area contributed by atoms with Crippen LogP contribution in [0.5, 0.6) is 0 Å². The van der Waals surface area contributed by atoms with Crippen molar-refractivity contribution in [1.29, 1.82) is 0 Å². The van der Waals surface area contributed by atoms with E-state index in [9.17, 15) is 13.2 Å². The lowest BCUT2D eigenvalue weighted by Crippen LogP contribution is -2.41. The van der Waals surface area contributed by atoms with Crippen molar-refractivity contribution < 1.29 is 13.2 Å². The Morgan fingerprint density at radius 1 is 1.17 bits per heavy atom. The molecule has 0 bridgehead atoms. The second kappa shape index (κ2) is 10.4. The second-order valence-corrected chi connectivity index (χ2v) is 7.97. The average Bonchev–Trinajstić information content (AvgIpc) is 2.56. The number of sulfonamides is 1. The summed E-state index contributed by atoms with van der Waals surface area (Å²) in [6.07, 6.45) is 7.97. The monoisotopic (exact) mass is 351 g/mol. The maximum absolute atomic E-state index is 13.0. The van der Waals surface area contributed by atoms with Gasteiger partial charge in [0.05, 0.1) is 11.4 Å². The summed E-state index contributed by atoms with van der Waals surface area (Å²) in [5.74, 6) is 0. The van der Waals surface area contributed by atoms with E-state index in [4.69, 9.17) is 0 Å². The van der Waals surface area contributed by atoms with E-state index < -0.39 is 10.0 Å². The van der Waals surface area contributed by atoms with Crippen LogP contribution in [-0.2, 0) is 14.8 Å². The molecule has 0 saturated heterocycles. The number of carbonyl (C=O) groups excluding carboxylic acids is 1. The number of carbonyl (C=O) groups is 1. The number of aryl methyl sites for hydroxylation is 1. The molecule has 0 amide bonds. The molecule has 0 aliphatic carbocycles. The first-order valence-corrected chi connectivity index (χ1v) is 10.0. The quantitative estimate of drug-likeness (QED) is 0.324. The fourth-order valence-corrected chi connectivity index (χ4v) is 4.33. The average molecular weight is 352 g/mol. The number of aldehydes is 1. The van der Waals surface area contributed by atoms with Gasteiger partial charge in [0, 0.05) is 6.04 Å². The smallest absolute Gasteiger partial charge is 0.243 e. The van der Waals surface area contributed by atoms with E-state index in [0.717, 1.165) is 37.7 Å². The van der Waals surface area contributed by atoms with E-state index in [1.54, 1.807) is 30.3 Å². The van der Waals surface area contributed by atoms with Crippen LogP contribution in [0.15, 0.2) is 41.8 Å². The molecule has 0 heterocycles. The Morgan fingerprint density at radius 2 is 1.83 bits per heavy atom. The first kappa shape index (κ1) is 20.6. The molecule has 1 aromatic rings. The van der Waals surface area contributed by atoms with Gasteiger partial charge in [-0.15, -0.1) is 6.58 Å². The lowest BCUT2D eigenvalue weighted by Gasteiger charge is -2.29. The Bertz CT molecular complexity index is 608. The Morgan fingerprint density at radius 3 is 2.38 bits per heavy atom. The van der Waals surface area contributed by atoms with Crippen molar-refractivity contribution in [2.24, 2.45) is 0 Å². The molecule has 24 heavy (non-hydrogen) atoms. The molecule has 0 saturated carbocycles. The van der Waals surface area contributed by atoms with E-state index >= 15 is 0 Å². The van der Waals surface area contributed by atoms with Crippen molar-refractivity contribution in [2.45, 2.75) is 63.3 Å².